The lowest BCUT2D eigenvalue weighted by atomic mass is 10.0. The number of para-hydroxylation sites is 3. The summed E-state index contributed by atoms with van der Waals surface area (Å²) in [4.78, 5) is 11.1. The van der Waals surface area contributed by atoms with Gasteiger partial charge < -0.3 is 4.57 Å². The zero-order chi connectivity index (χ0) is 37.2. The van der Waals surface area contributed by atoms with E-state index in [0.717, 1.165) is 55.2 Å². The van der Waals surface area contributed by atoms with Crippen LogP contribution in [0.4, 0.5) is 0 Å². The number of hydrogen-bond donors (Lipinski definition) is 0. The highest BCUT2D eigenvalue weighted by atomic mass is 32.1. The van der Waals surface area contributed by atoms with Gasteiger partial charge in [-0.15, -0.1) is 11.3 Å². The van der Waals surface area contributed by atoms with Gasteiger partial charge in [0.15, 0.2) is 0 Å². The molecule has 0 amide bonds. The SMILES string of the molecule is c1ccc(-n2c3ccccc3c3cc(-c4nc(-n5c6ccccc6c6cc7c(ccc8sc9ccccc9c87)cc65)nc5c4ccc4ccccc45)ccc32)cc1. The molecule has 4 heterocycles. The van der Waals surface area contributed by atoms with Crippen LogP contribution < -0.4 is 0 Å². The Bertz CT molecular complexity index is 3810. The van der Waals surface area contributed by atoms with Gasteiger partial charge in [0.2, 0.25) is 5.95 Å². The van der Waals surface area contributed by atoms with Crippen LogP contribution in [0.1, 0.15) is 0 Å². The van der Waals surface area contributed by atoms with Gasteiger partial charge in [0.1, 0.15) is 0 Å². The standard InChI is InChI=1S/C52H30N4S/c1-2-13-34(14-3-1)55-43-19-9-6-16-36(43)41-28-33(23-26-45(41)55)50-39-25-22-31-12-4-5-15-35(31)51(39)54-52(53-50)56-44-20-10-7-17-37(44)42-30-40-32(29-46(42)56)24-27-48-49(40)38-18-8-11-21-47(38)57-48/h1-30H. The van der Waals surface area contributed by atoms with Crippen molar-refractivity contribution < 1.29 is 0 Å². The molecule has 9 aromatic carbocycles. The van der Waals surface area contributed by atoms with Crippen LogP contribution in [-0.4, -0.2) is 19.1 Å². The quantitative estimate of drug-likeness (QED) is 0.169. The Balaban J connectivity index is 1.12. The van der Waals surface area contributed by atoms with Gasteiger partial charge in [-0.05, 0) is 82.9 Å². The molecule has 4 nitrogen and oxygen atoms in total. The molecular weight excluding hydrogens is 713 g/mol. The number of aromatic nitrogens is 4. The molecule has 0 atom stereocenters. The van der Waals surface area contributed by atoms with Gasteiger partial charge in [-0.1, -0.05) is 115 Å². The molecule has 0 saturated heterocycles. The zero-order valence-corrected chi connectivity index (χ0v) is 31.3. The van der Waals surface area contributed by atoms with Crippen LogP contribution in [0.15, 0.2) is 182 Å². The van der Waals surface area contributed by atoms with Crippen molar-refractivity contribution in [3.63, 3.8) is 0 Å². The summed E-state index contributed by atoms with van der Waals surface area (Å²) in [5.74, 6) is 0.660. The molecule has 4 aromatic heterocycles. The van der Waals surface area contributed by atoms with Gasteiger partial charge in [-0.3, -0.25) is 4.57 Å². The summed E-state index contributed by atoms with van der Waals surface area (Å²) in [5, 5.41) is 13.2. The molecule has 0 spiro atoms. The Morgan fingerprint density at radius 3 is 1.88 bits per heavy atom. The molecule has 0 saturated carbocycles. The lowest BCUT2D eigenvalue weighted by molar-refractivity contribution is 1.02. The first-order chi connectivity index (χ1) is 28.3. The molecule has 0 fully saturated rings. The second-order valence-corrected chi connectivity index (χ2v) is 16.0. The highest BCUT2D eigenvalue weighted by Crippen LogP contribution is 2.43. The molecule has 5 heteroatoms. The summed E-state index contributed by atoms with van der Waals surface area (Å²) in [7, 11) is 0. The van der Waals surface area contributed by atoms with E-state index in [1.807, 2.05) is 11.3 Å². The third-order valence-electron chi connectivity index (χ3n) is 11.9. The van der Waals surface area contributed by atoms with Gasteiger partial charge in [0.05, 0.1) is 33.3 Å². The van der Waals surface area contributed by atoms with Crippen molar-refractivity contribution in [2.75, 3.05) is 0 Å². The molecule has 57 heavy (non-hydrogen) atoms. The maximum absolute atomic E-state index is 5.58. The Kier molecular flexibility index (Phi) is 6.29. The Morgan fingerprint density at radius 1 is 0.368 bits per heavy atom. The highest BCUT2D eigenvalue weighted by molar-refractivity contribution is 7.26. The highest BCUT2D eigenvalue weighted by Gasteiger charge is 2.21. The van der Waals surface area contributed by atoms with Crippen molar-refractivity contribution in [3.8, 4) is 22.9 Å². The van der Waals surface area contributed by atoms with E-state index in [4.69, 9.17) is 9.97 Å². The number of nitrogens with zero attached hydrogens (tertiary/aromatic N) is 4. The van der Waals surface area contributed by atoms with Gasteiger partial charge in [0.25, 0.3) is 0 Å². The first-order valence-electron chi connectivity index (χ1n) is 19.3. The fourth-order valence-electron chi connectivity index (χ4n) is 9.37. The topological polar surface area (TPSA) is 35.6 Å². The summed E-state index contributed by atoms with van der Waals surface area (Å²) in [5.41, 5.74) is 8.58. The van der Waals surface area contributed by atoms with E-state index in [2.05, 4.69) is 191 Å². The molecular formula is C52H30N4S. The molecule has 0 aliphatic heterocycles. The number of fused-ring (bicyclic) bond motifs is 14. The van der Waals surface area contributed by atoms with E-state index in [-0.39, 0.29) is 0 Å². The van der Waals surface area contributed by atoms with Gasteiger partial charge >= 0.3 is 0 Å². The summed E-state index contributed by atoms with van der Waals surface area (Å²) < 4.78 is 7.27. The molecule has 13 aromatic rings. The summed E-state index contributed by atoms with van der Waals surface area (Å²) in [6, 6.07) is 65.9. The molecule has 0 aliphatic rings. The van der Waals surface area contributed by atoms with Crippen LogP contribution >= 0.6 is 11.3 Å². The van der Waals surface area contributed by atoms with Gasteiger partial charge in [-0.25, -0.2) is 9.97 Å². The van der Waals surface area contributed by atoms with Crippen molar-refractivity contribution in [2.24, 2.45) is 0 Å². The molecule has 0 N–H and O–H groups in total. The van der Waals surface area contributed by atoms with Crippen LogP contribution in [0.25, 0.3) is 119 Å². The van der Waals surface area contributed by atoms with Crippen LogP contribution in [0.3, 0.4) is 0 Å². The number of benzene rings is 9. The maximum atomic E-state index is 5.58. The minimum Gasteiger partial charge on any atom is -0.309 e. The van der Waals surface area contributed by atoms with E-state index in [9.17, 15) is 0 Å². The normalized spacial score (nSPS) is 12.2. The van der Waals surface area contributed by atoms with Gasteiger partial charge in [0, 0.05) is 63.7 Å². The minimum atomic E-state index is 0.660. The molecule has 0 aliphatic carbocycles. The van der Waals surface area contributed by atoms with Crippen molar-refractivity contribution in [1.82, 2.24) is 19.1 Å². The summed E-state index contributed by atoms with van der Waals surface area (Å²) >= 11 is 1.86. The van der Waals surface area contributed by atoms with Crippen LogP contribution in [0, 0.1) is 0 Å². The predicted molar refractivity (Wildman–Crippen MR) is 242 cm³/mol. The van der Waals surface area contributed by atoms with Crippen LogP contribution in [-0.2, 0) is 0 Å². The maximum Gasteiger partial charge on any atom is 0.235 e. The molecule has 0 bridgehead atoms. The van der Waals surface area contributed by atoms with E-state index in [0.29, 0.717) is 5.95 Å². The molecule has 13 rings (SSSR count). The number of rotatable bonds is 3. The lowest BCUT2D eigenvalue weighted by Gasteiger charge is -2.14. The minimum absolute atomic E-state index is 0.660. The fourth-order valence-corrected chi connectivity index (χ4v) is 10.5. The second-order valence-electron chi connectivity index (χ2n) is 15.0. The Hall–Kier alpha value is -7.34. The van der Waals surface area contributed by atoms with E-state index in [1.54, 1.807) is 0 Å². The molecule has 0 unspecified atom stereocenters. The predicted octanol–water partition coefficient (Wildman–Crippen LogP) is 14.2. The number of hydrogen-bond acceptors (Lipinski definition) is 3. The van der Waals surface area contributed by atoms with Crippen molar-refractivity contribution >= 4 is 108 Å². The average Bonchev–Trinajstić information content (AvgIpc) is 3.93. The average molecular weight is 743 g/mol. The zero-order valence-electron chi connectivity index (χ0n) is 30.5. The van der Waals surface area contributed by atoms with Crippen LogP contribution in [0.2, 0.25) is 0 Å². The Labute approximate surface area is 330 Å². The molecule has 264 valence electrons. The summed E-state index contributed by atoms with van der Waals surface area (Å²) in [6.45, 7) is 0. The van der Waals surface area contributed by atoms with Crippen molar-refractivity contribution in [3.05, 3.63) is 182 Å². The Morgan fingerprint density at radius 2 is 1.04 bits per heavy atom. The van der Waals surface area contributed by atoms with Gasteiger partial charge in [-0.2, -0.15) is 0 Å². The third-order valence-corrected chi connectivity index (χ3v) is 13.0. The smallest absolute Gasteiger partial charge is 0.235 e. The van der Waals surface area contributed by atoms with Crippen LogP contribution in [0.5, 0.6) is 0 Å². The van der Waals surface area contributed by atoms with E-state index in [1.165, 1.54) is 58.0 Å². The monoisotopic (exact) mass is 742 g/mol. The van der Waals surface area contributed by atoms with E-state index >= 15 is 0 Å². The van der Waals surface area contributed by atoms with E-state index < -0.39 is 0 Å². The fraction of sp³-hybridized carbons (Fsp3) is 0. The first kappa shape index (κ1) is 30.9. The lowest BCUT2D eigenvalue weighted by Crippen LogP contribution is -2.04. The summed E-state index contributed by atoms with van der Waals surface area (Å²) in [6.07, 6.45) is 0. The van der Waals surface area contributed by atoms with Crippen molar-refractivity contribution in [2.45, 2.75) is 0 Å². The van der Waals surface area contributed by atoms with Crippen molar-refractivity contribution in [1.29, 1.82) is 0 Å². The first-order valence-corrected chi connectivity index (χ1v) is 20.1. The number of thiophene rings is 1. The molecule has 0 radical (unpaired) electrons. The third kappa shape index (κ3) is 4.37. The second kappa shape index (κ2) is 11.6. The largest absolute Gasteiger partial charge is 0.309 e.